The number of nitrogens with zero attached hydrogens (tertiary/aromatic N) is 1. The SMILES string of the molecule is CC(C)CC(CNC(=O)Cc1ccc2c(c1)CCCC2)N1CCOCC1. The van der Waals surface area contributed by atoms with E-state index < -0.39 is 0 Å². The molecule has 4 nitrogen and oxygen atoms in total. The van der Waals surface area contributed by atoms with Gasteiger partial charge in [-0.05, 0) is 54.7 Å². The summed E-state index contributed by atoms with van der Waals surface area (Å²) in [5.74, 6) is 0.767. The van der Waals surface area contributed by atoms with E-state index in [9.17, 15) is 4.79 Å². The Hall–Kier alpha value is -1.39. The highest BCUT2D eigenvalue weighted by molar-refractivity contribution is 5.78. The number of morpholine rings is 1. The molecule has 1 unspecified atom stereocenters. The van der Waals surface area contributed by atoms with Crippen molar-refractivity contribution in [3.05, 3.63) is 34.9 Å². The molecule has 1 N–H and O–H groups in total. The number of carbonyl (C=O) groups is 1. The van der Waals surface area contributed by atoms with Crippen LogP contribution in [0.15, 0.2) is 18.2 Å². The van der Waals surface area contributed by atoms with E-state index in [0.717, 1.165) is 51.3 Å². The van der Waals surface area contributed by atoms with Crippen molar-refractivity contribution in [1.29, 1.82) is 0 Å². The molecule has 0 aromatic heterocycles. The standard InChI is InChI=1S/C22H34N2O2/c1-17(2)13-21(24-9-11-26-12-10-24)16-23-22(25)15-18-7-8-19-5-3-4-6-20(19)14-18/h7-8,14,17,21H,3-6,9-13,15-16H2,1-2H3,(H,23,25). The van der Waals surface area contributed by atoms with Gasteiger partial charge in [-0.25, -0.2) is 0 Å². The molecular weight excluding hydrogens is 324 g/mol. The van der Waals surface area contributed by atoms with Gasteiger partial charge >= 0.3 is 0 Å². The normalized spacial score (nSPS) is 19.2. The number of nitrogens with one attached hydrogen (secondary N) is 1. The molecule has 0 spiro atoms. The molecule has 2 aliphatic rings. The summed E-state index contributed by atoms with van der Waals surface area (Å²) in [6.45, 7) is 8.79. The first kappa shape index (κ1) is 19.4. The number of aryl methyl sites for hydroxylation is 2. The quantitative estimate of drug-likeness (QED) is 0.815. The summed E-state index contributed by atoms with van der Waals surface area (Å²) in [4.78, 5) is 15.0. The molecule has 144 valence electrons. The Morgan fingerprint density at radius 3 is 2.62 bits per heavy atom. The van der Waals surface area contributed by atoms with Crippen molar-refractivity contribution in [2.45, 2.75) is 58.4 Å². The summed E-state index contributed by atoms with van der Waals surface area (Å²) in [5.41, 5.74) is 4.08. The number of rotatable bonds is 7. The highest BCUT2D eigenvalue weighted by atomic mass is 16.5. The Balaban J connectivity index is 1.52. The third-order valence-corrected chi connectivity index (χ3v) is 5.62. The van der Waals surface area contributed by atoms with Gasteiger partial charge in [0.05, 0.1) is 19.6 Å². The van der Waals surface area contributed by atoms with Crippen LogP contribution in [0, 0.1) is 5.92 Å². The zero-order chi connectivity index (χ0) is 18.4. The van der Waals surface area contributed by atoms with Crippen molar-refractivity contribution < 1.29 is 9.53 Å². The highest BCUT2D eigenvalue weighted by Gasteiger charge is 2.22. The van der Waals surface area contributed by atoms with Gasteiger partial charge in [-0.15, -0.1) is 0 Å². The molecule has 1 aromatic carbocycles. The number of amides is 1. The van der Waals surface area contributed by atoms with E-state index in [4.69, 9.17) is 4.74 Å². The fourth-order valence-corrected chi connectivity index (χ4v) is 4.22. The second kappa shape index (κ2) is 9.52. The van der Waals surface area contributed by atoms with E-state index >= 15 is 0 Å². The lowest BCUT2D eigenvalue weighted by molar-refractivity contribution is -0.120. The molecule has 1 fully saturated rings. The van der Waals surface area contributed by atoms with Crippen molar-refractivity contribution in [1.82, 2.24) is 10.2 Å². The first-order chi connectivity index (χ1) is 12.6. The van der Waals surface area contributed by atoms with Crippen LogP contribution < -0.4 is 5.32 Å². The Bertz CT molecular complexity index is 594. The maximum absolute atomic E-state index is 12.5. The first-order valence-electron chi connectivity index (χ1n) is 10.3. The van der Waals surface area contributed by atoms with Crippen LogP contribution in [0.4, 0.5) is 0 Å². The average Bonchev–Trinajstić information content (AvgIpc) is 2.65. The molecule has 0 saturated carbocycles. The highest BCUT2D eigenvalue weighted by Crippen LogP contribution is 2.22. The van der Waals surface area contributed by atoms with Crippen molar-refractivity contribution in [2.24, 2.45) is 5.92 Å². The predicted molar refractivity (Wildman–Crippen MR) is 105 cm³/mol. The van der Waals surface area contributed by atoms with Gasteiger partial charge in [-0.1, -0.05) is 32.0 Å². The zero-order valence-electron chi connectivity index (χ0n) is 16.4. The summed E-state index contributed by atoms with van der Waals surface area (Å²) in [5, 5.41) is 3.19. The van der Waals surface area contributed by atoms with Gasteiger partial charge in [0.25, 0.3) is 0 Å². The van der Waals surface area contributed by atoms with E-state index in [2.05, 4.69) is 42.3 Å². The van der Waals surface area contributed by atoms with E-state index in [-0.39, 0.29) is 5.91 Å². The predicted octanol–water partition coefficient (Wildman–Crippen LogP) is 2.97. The van der Waals surface area contributed by atoms with Crippen LogP contribution in [0.3, 0.4) is 0 Å². The van der Waals surface area contributed by atoms with Gasteiger partial charge < -0.3 is 10.1 Å². The van der Waals surface area contributed by atoms with E-state index in [1.165, 1.54) is 30.4 Å². The Kier molecular flexibility index (Phi) is 7.09. The number of carbonyl (C=O) groups excluding carboxylic acids is 1. The van der Waals surface area contributed by atoms with Crippen LogP contribution in [0.25, 0.3) is 0 Å². The van der Waals surface area contributed by atoms with Crippen molar-refractivity contribution in [2.75, 3.05) is 32.8 Å². The minimum Gasteiger partial charge on any atom is -0.379 e. The smallest absolute Gasteiger partial charge is 0.224 e. The molecule has 1 aliphatic heterocycles. The lowest BCUT2D eigenvalue weighted by atomic mass is 9.90. The molecule has 1 heterocycles. The molecule has 0 bridgehead atoms. The third-order valence-electron chi connectivity index (χ3n) is 5.62. The maximum Gasteiger partial charge on any atom is 0.224 e. The molecule has 1 atom stereocenters. The van der Waals surface area contributed by atoms with Gasteiger partial charge in [-0.2, -0.15) is 0 Å². The van der Waals surface area contributed by atoms with Crippen LogP contribution in [-0.2, 0) is 28.8 Å². The second-order valence-corrected chi connectivity index (χ2v) is 8.22. The van der Waals surface area contributed by atoms with Gasteiger partial charge in [0.2, 0.25) is 5.91 Å². The van der Waals surface area contributed by atoms with Crippen molar-refractivity contribution in [3.63, 3.8) is 0 Å². The molecule has 0 radical (unpaired) electrons. The van der Waals surface area contributed by atoms with Crippen LogP contribution in [0.5, 0.6) is 0 Å². The minimum atomic E-state index is 0.141. The van der Waals surface area contributed by atoms with Crippen LogP contribution in [-0.4, -0.2) is 49.7 Å². The Labute approximate surface area is 158 Å². The van der Waals surface area contributed by atoms with Crippen LogP contribution in [0.2, 0.25) is 0 Å². The summed E-state index contributed by atoms with van der Waals surface area (Å²) in [6, 6.07) is 7.03. The number of fused-ring (bicyclic) bond motifs is 1. The first-order valence-corrected chi connectivity index (χ1v) is 10.3. The zero-order valence-corrected chi connectivity index (χ0v) is 16.4. The average molecular weight is 359 g/mol. The maximum atomic E-state index is 12.5. The molecule has 1 aliphatic carbocycles. The van der Waals surface area contributed by atoms with Crippen LogP contribution in [0.1, 0.15) is 49.8 Å². The van der Waals surface area contributed by atoms with Crippen molar-refractivity contribution >= 4 is 5.91 Å². The van der Waals surface area contributed by atoms with Gasteiger partial charge in [0.15, 0.2) is 0 Å². The Morgan fingerprint density at radius 1 is 1.15 bits per heavy atom. The summed E-state index contributed by atoms with van der Waals surface area (Å²) in [7, 11) is 0. The van der Waals surface area contributed by atoms with E-state index in [0.29, 0.717) is 18.4 Å². The monoisotopic (exact) mass is 358 g/mol. The molecule has 26 heavy (non-hydrogen) atoms. The number of hydrogen-bond acceptors (Lipinski definition) is 3. The van der Waals surface area contributed by atoms with Gasteiger partial charge in [-0.3, -0.25) is 9.69 Å². The van der Waals surface area contributed by atoms with E-state index in [1.807, 2.05) is 0 Å². The lowest BCUT2D eigenvalue weighted by Crippen LogP contribution is -2.49. The molecule has 1 aromatic rings. The summed E-state index contributed by atoms with van der Waals surface area (Å²) in [6.07, 6.45) is 6.53. The van der Waals surface area contributed by atoms with E-state index in [1.54, 1.807) is 0 Å². The fraction of sp³-hybridized carbons (Fsp3) is 0.682. The van der Waals surface area contributed by atoms with Crippen LogP contribution >= 0.6 is 0 Å². The summed E-state index contributed by atoms with van der Waals surface area (Å²) >= 11 is 0. The largest absolute Gasteiger partial charge is 0.379 e. The molecular formula is C22H34N2O2. The fourth-order valence-electron chi connectivity index (χ4n) is 4.22. The number of ether oxygens (including phenoxy) is 1. The minimum absolute atomic E-state index is 0.141. The third kappa shape index (κ3) is 5.55. The topological polar surface area (TPSA) is 41.6 Å². The second-order valence-electron chi connectivity index (χ2n) is 8.22. The van der Waals surface area contributed by atoms with Gasteiger partial charge in [0.1, 0.15) is 0 Å². The van der Waals surface area contributed by atoms with Crippen molar-refractivity contribution in [3.8, 4) is 0 Å². The number of hydrogen-bond donors (Lipinski definition) is 1. The number of benzene rings is 1. The molecule has 1 amide bonds. The summed E-state index contributed by atoms with van der Waals surface area (Å²) < 4.78 is 5.48. The molecule has 3 rings (SSSR count). The molecule has 1 saturated heterocycles. The van der Waals surface area contributed by atoms with Gasteiger partial charge in [0, 0.05) is 25.7 Å². The lowest BCUT2D eigenvalue weighted by Gasteiger charge is -2.35. The Morgan fingerprint density at radius 2 is 1.88 bits per heavy atom. The molecule has 4 heteroatoms.